The third-order valence-electron chi connectivity index (χ3n) is 4.75. The molecule has 3 aromatic rings. The van der Waals surface area contributed by atoms with E-state index in [1.54, 1.807) is 32.1 Å². The Hall–Kier alpha value is -3.30. The van der Waals surface area contributed by atoms with Gasteiger partial charge in [0.1, 0.15) is 11.5 Å². The Morgan fingerprint density at radius 2 is 1.85 bits per heavy atom. The second-order valence-electron chi connectivity index (χ2n) is 7.41. The number of nitrogens with one attached hydrogen (secondary N) is 1. The molecule has 1 N–H and O–H groups in total. The molecule has 9 heteroatoms. The molecule has 1 aromatic heterocycles. The summed E-state index contributed by atoms with van der Waals surface area (Å²) in [6.45, 7) is 1.15. The monoisotopic (exact) mass is 467 g/mol. The zero-order chi connectivity index (χ0) is 23.6. The quantitative estimate of drug-likeness (QED) is 0.342. The first-order chi connectivity index (χ1) is 16.0. The molecule has 1 heterocycles. The van der Waals surface area contributed by atoms with Crippen LogP contribution in [0.3, 0.4) is 0 Å². The Bertz CT molecular complexity index is 1080. The van der Waals surface area contributed by atoms with E-state index >= 15 is 0 Å². The van der Waals surface area contributed by atoms with Crippen molar-refractivity contribution in [3.05, 3.63) is 66.0 Å². The van der Waals surface area contributed by atoms with Gasteiger partial charge >= 0.3 is 0 Å². The Balaban J connectivity index is 1.73. The van der Waals surface area contributed by atoms with Gasteiger partial charge in [-0.25, -0.2) is 0 Å². The average molecular weight is 468 g/mol. The van der Waals surface area contributed by atoms with Crippen LogP contribution in [0.4, 0.5) is 0 Å². The van der Waals surface area contributed by atoms with Crippen LogP contribution in [0.5, 0.6) is 11.5 Å². The van der Waals surface area contributed by atoms with Crippen molar-refractivity contribution in [2.75, 3.05) is 40.6 Å². The molecule has 0 aliphatic heterocycles. The summed E-state index contributed by atoms with van der Waals surface area (Å²) in [7, 11) is 7.32. The van der Waals surface area contributed by atoms with Crippen molar-refractivity contribution in [2.24, 2.45) is 0 Å². The minimum atomic E-state index is -0.215. The fraction of sp³-hybridized carbons (Fsp3) is 0.292. The van der Waals surface area contributed by atoms with Crippen LogP contribution in [0.25, 0.3) is 11.8 Å². The molecule has 0 saturated carbocycles. The molecular weight excluding hydrogens is 438 g/mol. The number of hydrogen-bond acceptors (Lipinski definition) is 7. The molecule has 0 unspecified atom stereocenters. The van der Waals surface area contributed by atoms with Crippen LogP contribution in [0, 0.1) is 0 Å². The third kappa shape index (κ3) is 7.10. The normalized spacial score (nSPS) is 11.2. The number of rotatable bonds is 11. The number of methoxy groups -OCH3 is 2. The van der Waals surface area contributed by atoms with Gasteiger partial charge in [0.15, 0.2) is 11.0 Å². The van der Waals surface area contributed by atoms with E-state index in [9.17, 15) is 4.79 Å². The van der Waals surface area contributed by atoms with E-state index in [1.165, 1.54) is 6.08 Å². The summed E-state index contributed by atoms with van der Waals surface area (Å²) in [5, 5.41) is 12.4. The van der Waals surface area contributed by atoms with Crippen molar-refractivity contribution in [1.82, 2.24) is 25.0 Å². The Labute approximate surface area is 198 Å². The average Bonchev–Trinajstić information content (AvgIpc) is 3.24. The lowest BCUT2D eigenvalue weighted by atomic mass is 10.2. The first-order valence-electron chi connectivity index (χ1n) is 10.5. The molecule has 3 rings (SSSR count). The highest BCUT2D eigenvalue weighted by molar-refractivity contribution is 7.99. The van der Waals surface area contributed by atoms with Crippen LogP contribution in [-0.2, 0) is 11.3 Å². The lowest BCUT2D eigenvalue weighted by Crippen LogP contribution is -2.22. The number of amides is 1. The van der Waals surface area contributed by atoms with Gasteiger partial charge in [-0.3, -0.25) is 9.36 Å². The number of nitrogens with zero attached hydrogens (tertiary/aromatic N) is 4. The van der Waals surface area contributed by atoms with Gasteiger partial charge in [-0.05, 0) is 50.0 Å². The predicted octanol–water partition coefficient (Wildman–Crippen LogP) is 3.27. The topological polar surface area (TPSA) is 81.5 Å². The van der Waals surface area contributed by atoms with Gasteiger partial charge in [-0.1, -0.05) is 30.0 Å². The summed E-state index contributed by atoms with van der Waals surface area (Å²) in [6, 6.07) is 15.2. The minimum Gasteiger partial charge on any atom is -0.497 e. The van der Waals surface area contributed by atoms with Crippen LogP contribution in [0.2, 0.25) is 0 Å². The number of ether oxygens (including phenoxy) is 2. The highest BCUT2D eigenvalue weighted by atomic mass is 32.2. The van der Waals surface area contributed by atoms with E-state index in [-0.39, 0.29) is 12.5 Å². The number of carbonyl (C=O) groups excluding carboxylic acids is 1. The summed E-state index contributed by atoms with van der Waals surface area (Å²) in [5.74, 6) is 2.80. The summed E-state index contributed by atoms with van der Waals surface area (Å²) in [4.78, 5) is 14.5. The number of benzene rings is 2. The number of aromatic nitrogens is 3. The van der Waals surface area contributed by atoms with Crippen molar-refractivity contribution in [3.63, 3.8) is 0 Å². The van der Waals surface area contributed by atoms with E-state index in [2.05, 4.69) is 20.4 Å². The van der Waals surface area contributed by atoms with Crippen molar-refractivity contribution < 1.29 is 14.3 Å². The molecule has 2 aromatic carbocycles. The predicted molar refractivity (Wildman–Crippen MR) is 131 cm³/mol. The van der Waals surface area contributed by atoms with Gasteiger partial charge < -0.3 is 19.7 Å². The van der Waals surface area contributed by atoms with E-state index < -0.39 is 0 Å². The summed E-state index contributed by atoms with van der Waals surface area (Å²) in [6.07, 6.45) is 3.25. The fourth-order valence-electron chi connectivity index (χ4n) is 2.95. The highest BCUT2D eigenvalue weighted by Crippen LogP contribution is 2.24. The largest absolute Gasteiger partial charge is 0.497 e. The van der Waals surface area contributed by atoms with E-state index in [0.717, 1.165) is 40.2 Å². The van der Waals surface area contributed by atoms with Gasteiger partial charge in [-0.15, -0.1) is 10.2 Å². The maximum absolute atomic E-state index is 12.4. The van der Waals surface area contributed by atoms with E-state index in [4.69, 9.17) is 9.47 Å². The number of carbonyl (C=O) groups is 1. The first-order valence-corrected chi connectivity index (χ1v) is 11.4. The lowest BCUT2D eigenvalue weighted by Gasteiger charge is -2.13. The van der Waals surface area contributed by atoms with Gasteiger partial charge in [0.05, 0.1) is 26.5 Å². The molecule has 0 aliphatic carbocycles. The minimum absolute atomic E-state index is 0.215. The summed E-state index contributed by atoms with van der Waals surface area (Å²) < 4.78 is 12.5. The standard InChI is InChI=1S/C24H29N5O3S/c1-28(2)14-15-33-24-27-26-22(29(24)19-6-5-7-21(16-19)32-4)17-25-23(30)13-10-18-8-11-20(31-3)12-9-18/h5-13,16H,14-15,17H2,1-4H3,(H,25,30)/b13-10+. The molecule has 0 spiro atoms. The molecule has 0 fully saturated rings. The molecule has 0 aliphatic rings. The number of hydrogen-bond donors (Lipinski definition) is 1. The summed E-state index contributed by atoms with van der Waals surface area (Å²) >= 11 is 1.62. The van der Waals surface area contributed by atoms with Gasteiger partial charge in [0, 0.05) is 24.4 Å². The van der Waals surface area contributed by atoms with Gasteiger partial charge in [0.2, 0.25) is 5.91 Å². The maximum Gasteiger partial charge on any atom is 0.244 e. The first kappa shape index (κ1) is 24.3. The Morgan fingerprint density at radius 1 is 1.09 bits per heavy atom. The van der Waals surface area contributed by atoms with Crippen LogP contribution in [0.1, 0.15) is 11.4 Å². The molecule has 0 atom stereocenters. The Kier molecular flexibility index (Phi) is 8.91. The molecule has 33 heavy (non-hydrogen) atoms. The van der Waals surface area contributed by atoms with Gasteiger partial charge in [0.25, 0.3) is 0 Å². The third-order valence-corrected chi connectivity index (χ3v) is 5.65. The maximum atomic E-state index is 12.4. The Morgan fingerprint density at radius 3 is 2.55 bits per heavy atom. The smallest absolute Gasteiger partial charge is 0.244 e. The SMILES string of the molecule is COc1ccc(/C=C/C(=O)NCc2nnc(SCCN(C)C)n2-c2cccc(OC)c2)cc1. The second-order valence-corrected chi connectivity index (χ2v) is 8.47. The van der Waals surface area contributed by atoms with Crippen LogP contribution < -0.4 is 14.8 Å². The lowest BCUT2D eigenvalue weighted by molar-refractivity contribution is -0.116. The van der Waals surface area contributed by atoms with Crippen molar-refractivity contribution in [1.29, 1.82) is 0 Å². The highest BCUT2D eigenvalue weighted by Gasteiger charge is 2.15. The van der Waals surface area contributed by atoms with Crippen molar-refractivity contribution in [2.45, 2.75) is 11.7 Å². The molecule has 0 bridgehead atoms. The fourth-order valence-corrected chi connectivity index (χ4v) is 4.03. The van der Waals surface area contributed by atoms with Gasteiger partial charge in [-0.2, -0.15) is 0 Å². The van der Waals surface area contributed by atoms with Crippen molar-refractivity contribution >= 4 is 23.7 Å². The van der Waals surface area contributed by atoms with Crippen molar-refractivity contribution in [3.8, 4) is 17.2 Å². The summed E-state index contributed by atoms with van der Waals surface area (Å²) in [5.41, 5.74) is 1.79. The molecular formula is C24H29N5O3S. The molecule has 0 radical (unpaired) electrons. The van der Waals surface area contributed by atoms with Crippen LogP contribution in [-0.4, -0.2) is 66.2 Å². The molecule has 0 saturated heterocycles. The molecule has 174 valence electrons. The second kappa shape index (κ2) is 12.1. The number of thioether (sulfide) groups is 1. The zero-order valence-corrected chi connectivity index (χ0v) is 20.1. The zero-order valence-electron chi connectivity index (χ0n) is 19.3. The van der Waals surface area contributed by atoms with Crippen LogP contribution >= 0.6 is 11.8 Å². The van der Waals surface area contributed by atoms with Crippen LogP contribution in [0.15, 0.2) is 59.8 Å². The molecule has 1 amide bonds. The van der Waals surface area contributed by atoms with E-state index in [0.29, 0.717) is 5.82 Å². The molecule has 8 nitrogen and oxygen atoms in total. The van der Waals surface area contributed by atoms with E-state index in [1.807, 2.05) is 67.2 Å².